The molecule has 1 fully saturated rings. The summed E-state index contributed by atoms with van der Waals surface area (Å²) in [6, 6.07) is 3.67. The molecule has 110 valence electrons. The van der Waals surface area contributed by atoms with Crippen LogP contribution in [0.25, 0.3) is 0 Å². The van der Waals surface area contributed by atoms with Gasteiger partial charge in [0.15, 0.2) is 0 Å². The van der Waals surface area contributed by atoms with E-state index in [1.807, 2.05) is 0 Å². The second kappa shape index (κ2) is 5.78. The maximum absolute atomic E-state index is 12.4. The number of benzene rings is 1. The van der Waals surface area contributed by atoms with Gasteiger partial charge in [-0.15, -0.1) is 0 Å². The Morgan fingerprint density at radius 3 is 2.55 bits per heavy atom. The van der Waals surface area contributed by atoms with Gasteiger partial charge < -0.3 is 19.4 Å². The number of morpholine rings is 1. The number of ether oxygens (including phenoxy) is 2. The topological polar surface area (TPSA) is 96.0 Å². The van der Waals surface area contributed by atoms with E-state index in [1.165, 1.54) is 23.5 Å². The molecular weight excluding hydrogens is 286 g/mol. The number of rotatable bonds is 4. The Hall–Kier alpha value is -1.64. The minimum atomic E-state index is -3.74. The first kappa shape index (κ1) is 14.8. The molecule has 0 saturated carbocycles. The van der Waals surface area contributed by atoms with E-state index in [0.717, 1.165) is 6.07 Å². The van der Waals surface area contributed by atoms with Gasteiger partial charge in [0, 0.05) is 18.7 Å². The highest BCUT2D eigenvalue weighted by atomic mass is 32.2. The highest BCUT2D eigenvalue weighted by molar-refractivity contribution is 7.89. The van der Waals surface area contributed by atoms with Gasteiger partial charge in [-0.25, -0.2) is 8.42 Å². The van der Waals surface area contributed by atoms with Crippen LogP contribution in [-0.2, 0) is 14.8 Å². The van der Waals surface area contributed by atoms with E-state index in [-0.39, 0.29) is 29.3 Å². The van der Waals surface area contributed by atoms with Gasteiger partial charge in [-0.05, 0) is 18.2 Å². The SMILES string of the molecule is COc1ccc(S(=O)(=O)N2CCOCC2)cc1C(=O)[O-]. The fourth-order valence-electron chi connectivity index (χ4n) is 1.94. The monoisotopic (exact) mass is 300 g/mol. The summed E-state index contributed by atoms with van der Waals surface area (Å²) in [5, 5.41) is 11.0. The predicted molar refractivity (Wildman–Crippen MR) is 66.9 cm³/mol. The quantitative estimate of drug-likeness (QED) is 0.713. The largest absolute Gasteiger partial charge is 0.545 e. The van der Waals surface area contributed by atoms with E-state index in [2.05, 4.69) is 0 Å². The molecule has 1 saturated heterocycles. The lowest BCUT2D eigenvalue weighted by Crippen LogP contribution is -2.40. The molecule has 1 aromatic carbocycles. The van der Waals surface area contributed by atoms with Crippen molar-refractivity contribution >= 4 is 16.0 Å². The van der Waals surface area contributed by atoms with Crippen LogP contribution < -0.4 is 9.84 Å². The van der Waals surface area contributed by atoms with Crippen molar-refractivity contribution < 1.29 is 27.8 Å². The van der Waals surface area contributed by atoms with Crippen molar-refractivity contribution in [3.8, 4) is 5.75 Å². The van der Waals surface area contributed by atoms with Crippen LogP contribution in [0.1, 0.15) is 10.4 Å². The molecule has 0 N–H and O–H groups in total. The summed E-state index contributed by atoms with van der Waals surface area (Å²) in [6.45, 7) is 1.13. The zero-order valence-corrected chi connectivity index (χ0v) is 11.7. The van der Waals surface area contributed by atoms with Crippen molar-refractivity contribution in [2.75, 3.05) is 33.4 Å². The Morgan fingerprint density at radius 1 is 1.35 bits per heavy atom. The molecule has 1 aromatic rings. The Balaban J connectivity index is 2.41. The van der Waals surface area contributed by atoms with Crippen molar-refractivity contribution in [2.24, 2.45) is 0 Å². The maximum atomic E-state index is 12.4. The molecule has 20 heavy (non-hydrogen) atoms. The summed E-state index contributed by atoms with van der Waals surface area (Å²) in [5.74, 6) is -1.42. The Morgan fingerprint density at radius 2 is 2.00 bits per heavy atom. The number of nitrogens with zero attached hydrogens (tertiary/aromatic N) is 1. The molecule has 1 aliphatic heterocycles. The van der Waals surface area contributed by atoms with Crippen molar-refractivity contribution in [2.45, 2.75) is 4.90 Å². The molecule has 0 unspecified atom stereocenters. The van der Waals surface area contributed by atoms with Crippen molar-refractivity contribution in [1.29, 1.82) is 0 Å². The first-order valence-electron chi connectivity index (χ1n) is 5.94. The van der Waals surface area contributed by atoms with Gasteiger partial charge in [-0.2, -0.15) is 4.31 Å². The van der Waals surface area contributed by atoms with E-state index in [4.69, 9.17) is 9.47 Å². The van der Waals surface area contributed by atoms with Gasteiger partial charge in [0.25, 0.3) is 0 Å². The molecule has 7 nitrogen and oxygen atoms in total. The van der Waals surface area contributed by atoms with Gasteiger partial charge in [0.1, 0.15) is 5.75 Å². The fraction of sp³-hybridized carbons (Fsp3) is 0.417. The normalized spacial score (nSPS) is 16.9. The number of aromatic carboxylic acids is 1. The third-order valence-corrected chi connectivity index (χ3v) is 4.89. The number of methoxy groups -OCH3 is 1. The molecule has 0 aromatic heterocycles. The smallest absolute Gasteiger partial charge is 0.243 e. The van der Waals surface area contributed by atoms with E-state index in [0.29, 0.717) is 13.2 Å². The van der Waals surface area contributed by atoms with Crippen LogP contribution in [0.2, 0.25) is 0 Å². The van der Waals surface area contributed by atoms with Crippen LogP contribution in [-0.4, -0.2) is 52.1 Å². The fourth-order valence-corrected chi connectivity index (χ4v) is 3.38. The average molecular weight is 300 g/mol. The number of carbonyl (C=O) groups excluding carboxylic acids is 1. The van der Waals surface area contributed by atoms with Crippen LogP contribution in [0.3, 0.4) is 0 Å². The first-order valence-corrected chi connectivity index (χ1v) is 7.38. The van der Waals surface area contributed by atoms with Crippen LogP contribution in [0.15, 0.2) is 23.1 Å². The molecule has 1 heterocycles. The standard InChI is InChI=1S/C12H15NO6S/c1-18-11-3-2-9(8-10(11)12(14)15)20(16,17)13-4-6-19-7-5-13/h2-3,8H,4-7H2,1H3,(H,14,15)/p-1. The molecule has 1 aliphatic rings. The molecule has 0 bridgehead atoms. The van der Waals surface area contributed by atoms with E-state index >= 15 is 0 Å². The van der Waals surface area contributed by atoms with Gasteiger partial charge in [-0.1, -0.05) is 0 Å². The molecule has 2 rings (SSSR count). The molecule has 0 aliphatic carbocycles. The Bertz CT molecular complexity index is 606. The van der Waals surface area contributed by atoms with E-state index in [9.17, 15) is 18.3 Å². The number of carbonyl (C=O) groups is 1. The van der Waals surface area contributed by atoms with E-state index < -0.39 is 16.0 Å². The lowest BCUT2D eigenvalue weighted by atomic mass is 10.2. The average Bonchev–Trinajstić information content (AvgIpc) is 2.47. The third kappa shape index (κ3) is 2.77. The number of hydrogen-bond donors (Lipinski definition) is 0. The molecular formula is C12H14NO6S-. The number of hydrogen-bond acceptors (Lipinski definition) is 6. The third-order valence-electron chi connectivity index (χ3n) is 3.00. The maximum Gasteiger partial charge on any atom is 0.243 e. The van der Waals surface area contributed by atoms with Crippen molar-refractivity contribution in [1.82, 2.24) is 4.31 Å². The Kier molecular flexibility index (Phi) is 4.26. The zero-order valence-electron chi connectivity index (χ0n) is 10.9. The minimum absolute atomic E-state index is 0.0610. The lowest BCUT2D eigenvalue weighted by molar-refractivity contribution is -0.255. The van der Waals surface area contributed by atoms with Crippen LogP contribution in [0, 0.1) is 0 Å². The zero-order chi connectivity index (χ0) is 14.8. The summed E-state index contributed by atoms with van der Waals surface area (Å²) < 4.78 is 36.0. The minimum Gasteiger partial charge on any atom is -0.545 e. The highest BCUT2D eigenvalue weighted by Crippen LogP contribution is 2.24. The van der Waals surface area contributed by atoms with Crippen LogP contribution >= 0.6 is 0 Å². The second-order valence-corrected chi connectivity index (χ2v) is 6.10. The molecule has 0 radical (unpaired) electrons. The summed E-state index contributed by atoms with van der Waals surface area (Å²) in [6.07, 6.45) is 0. The molecule has 0 atom stereocenters. The van der Waals surface area contributed by atoms with Gasteiger partial charge in [0.2, 0.25) is 10.0 Å². The van der Waals surface area contributed by atoms with Crippen LogP contribution in [0.4, 0.5) is 0 Å². The summed E-state index contributed by atoms with van der Waals surface area (Å²) in [7, 11) is -2.43. The summed E-state index contributed by atoms with van der Waals surface area (Å²) in [5.41, 5.74) is -0.290. The molecule has 0 amide bonds. The van der Waals surface area contributed by atoms with Crippen molar-refractivity contribution in [3.05, 3.63) is 23.8 Å². The van der Waals surface area contributed by atoms with E-state index in [1.54, 1.807) is 0 Å². The highest BCUT2D eigenvalue weighted by Gasteiger charge is 2.27. The Labute approximate surface area is 116 Å². The predicted octanol–water partition coefficient (Wildman–Crippen LogP) is -0.920. The van der Waals surface area contributed by atoms with Crippen LogP contribution in [0.5, 0.6) is 5.75 Å². The number of carboxylic acid groups (broad SMARTS) is 1. The molecule has 0 spiro atoms. The van der Waals surface area contributed by atoms with Gasteiger partial charge in [0.05, 0.1) is 31.2 Å². The molecule has 8 heteroatoms. The summed E-state index contributed by atoms with van der Waals surface area (Å²) in [4.78, 5) is 10.9. The lowest BCUT2D eigenvalue weighted by Gasteiger charge is -2.26. The number of sulfonamides is 1. The number of carboxylic acids is 1. The van der Waals surface area contributed by atoms with Crippen molar-refractivity contribution in [3.63, 3.8) is 0 Å². The van der Waals surface area contributed by atoms with Gasteiger partial charge in [-0.3, -0.25) is 0 Å². The first-order chi connectivity index (χ1) is 9.46. The second-order valence-electron chi connectivity index (χ2n) is 4.17. The summed E-state index contributed by atoms with van der Waals surface area (Å²) >= 11 is 0. The van der Waals surface area contributed by atoms with Gasteiger partial charge >= 0.3 is 0 Å².